The van der Waals surface area contributed by atoms with E-state index >= 15 is 0 Å². The van der Waals surface area contributed by atoms with Crippen LogP contribution in [0.15, 0.2) is 42.5 Å². The number of hydrogen-bond acceptors (Lipinski definition) is 1. The minimum absolute atomic E-state index is 0.0714. The van der Waals surface area contributed by atoms with Gasteiger partial charge in [0.1, 0.15) is 0 Å². The Balaban J connectivity index is 2.46. The van der Waals surface area contributed by atoms with Crippen LogP contribution in [0.3, 0.4) is 0 Å². The van der Waals surface area contributed by atoms with Gasteiger partial charge in [0.15, 0.2) is 0 Å². The van der Waals surface area contributed by atoms with E-state index in [1.807, 2.05) is 0 Å². The summed E-state index contributed by atoms with van der Waals surface area (Å²) < 4.78 is 76.5. The number of benzene rings is 2. The van der Waals surface area contributed by atoms with Gasteiger partial charge in [0, 0.05) is 5.69 Å². The molecule has 118 valence electrons. The Hall–Kier alpha value is -2.18. The smallest absolute Gasteiger partial charge is 0.399 e. The Morgan fingerprint density at radius 2 is 1.27 bits per heavy atom. The summed E-state index contributed by atoms with van der Waals surface area (Å²) in [6, 6.07) is 7.82. The van der Waals surface area contributed by atoms with Crippen molar-refractivity contribution in [3.63, 3.8) is 0 Å². The fraction of sp³-hybridized carbons (Fsp3) is 0.200. The third-order valence-electron chi connectivity index (χ3n) is 3.01. The fourth-order valence-corrected chi connectivity index (χ4v) is 2.06. The van der Waals surface area contributed by atoms with Gasteiger partial charge in [0.2, 0.25) is 0 Å². The summed E-state index contributed by atoms with van der Waals surface area (Å²) in [6.07, 6.45) is -9.75. The Morgan fingerprint density at radius 1 is 0.727 bits per heavy atom. The first-order valence-electron chi connectivity index (χ1n) is 6.18. The molecule has 0 saturated carbocycles. The lowest BCUT2D eigenvalue weighted by Crippen LogP contribution is -2.12. The molecule has 0 bridgehead atoms. The van der Waals surface area contributed by atoms with Crippen molar-refractivity contribution >= 4 is 5.69 Å². The monoisotopic (exact) mass is 319 g/mol. The number of alkyl halides is 6. The molecule has 0 spiro atoms. The van der Waals surface area contributed by atoms with E-state index in [9.17, 15) is 26.3 Å². The average molecular weight is 319 g/mol. The molecule has 0 aliphatic carbocycles. The maximum atomic E-state index is 12.8. The second-order valence-corrected chi connectivity index (χ2v) is 4.84. The summed E-state index contributed by atoms with van der Waals surface area (Å²) in [4.78, 5) is 0. The molecule has 2 aromatic carbocycles. The van der Waals surface area contributed by atoms with E-state index in [4.69, 9.17) is 5.73 Å². The van der Waals surface area contributed by atoms with E-state index in [0.717, 1.165) is 12.1 Å². The number of anilines is 1. The van der Waals surface area contributed by atoms with Crippen LogP contribution in [-0.2, 0) is 18.8 Å². The molecule has 2 aromatic rings. The molecule has 2 N–H and O–H groups in total. The molecule has 0 amide bonds. The van der Waals surface area contributed by atoms with Crippen LogP contribution in [0.25, 0.3) is 0 Å². The molecule has 1 nitrogen and oxygen atoms in total. The normalized spacial score (nSPS) is 12.5. The first kappa shape index (κ1) is 16.2. The molecule has 22 heavy (non-hydrogen) atoms. The predicted octanol–water partition coefficient (Wildman–Crippen LogP) is 4.90. The second kappa shape index (κ2) is 5.55. The molecule has 0 unspecified atom stereocenters. The van der Waals surface area contributed by atoms with Crippen LogP contribution in [0.1, 0.15) is 22.3 Å². The largest absolute Gasteiger partial charge is 0.416 e. The fourth-order valence-electron chi connectivity index (χ4n) is 2.06. The lowest BCUT2D eigenvalue weighted by Gasteiger charge is -2.14. The SMILES string of the molecule is Nc1cccc(Cc2cc(C(F)(F)F)cc(C(F)(F)F)c2)c1. The van der Waals surface area contributed by atoms with Crippen LogP contribution < -0.4 is 5.73 Å². The van der Waals surface area contributed by atoms with Crippen molar-refractivity contribution in [3.8, 4) is 0 Å². The molecule has 2 rings (SSSR count). The van der Waals surface area contributed by atoms with E-state index in [1.165, 1.54) is 6.07 Å². The van der Waals surface area contributed by atoms with Crippen molar-refractivity contribution < 1.29 is 26.3 Å². The third-order valence-corrected chi connectivity index (χ3v) is 3.01. The van der Waals surface area contributed by atoms with Crippen LogP contribution in [0.5, 0.6) is 0 Å². The quantitative estimate of drug-likeness (QED) is 0.618. The topological polar surface area (TPSA) is 26.0 Å². The molecule has 7 heteroatoms. The van der Waals surface area contributed by atoms with Crippen molar-refractivity contribution in [2.24, 2.45) is 0 Å². The van der Waals surface area contributed by atoms with Gasteiger partial charge in [-0.05, 0) is 47.9 Å². The molecule has 0 aliphatic heterocycles. The summed E-state index contributed by atoms with van der Waals surface area (Å²) in [7, 11) is 0. The zero-order chi connectivity index (χ0) is 16.5. The van der Waals surface area contributed by atoms with Gasteiger partial charge in [-0.3, -0.25) is 0 Å². The summed E-state index contributed by atoms with van der Waals surface area (Å²) in [5.74, 6) is 0. The molecular formula is C15H11F6N. The summed E-state index contributed by atoms with van der Waals surface area (Å²) >= 11 is 0. The zero-order valence-electron chi connectivity index (χ0n) is 11.1. The third kappa shape index (κ3) is 3.93. The molecular weight excluding hydrogens is 308 g/mol. The van der Waals surface area contributed by atoms with E-state index < -0.39 is 23.5 Å². The van der Waals surface area contributed by atoms with Crippen molar-refractivity contribution in [1.82, 2.24) is 0 Å². The van der Waals surface area contributed by atoms with E-state index in [0.29, 0.717) is 11.3 Å². The highest BCUT2D eigenvalue weighted by molar-refractivity contribution is 5.43. The van der Waals surface area contributed by atoms with Gasteiger partial charge in [-0.2, -0.15) is 26.3 Å². The van der Waals surface area contributed by atoms with E-state index in [1.54, 1.807) is 18.2 Å². The number of halogens is 6. The molecule has 0 aromatic heterocycles. The minimum Gasteiger partial charge on any atom is -0.399 e. The van der Waals surface area contributed by atoms with Crippen molar-refractivity contribution in [2.45, 2.75) is 18.8 Å². The molecule has 0 atom stereocenters. The number of nitrogen functional groups attached to an aromatic ring is 1. The molecule has 0 saturated heterocycles. The van der Waals surface area contributed by atoms with Gasteiger partial charge in [-0.15, -0.1) is 0 Å². The summed E-state index contributed by atoms with van der Waals surface area (Å²) in [5, 5.41) is 0. The van der Waals surface area contributed by atoms with E-state index in [2.05, 4.69) is 0 Å². The van der Waals surface area contributed by atoms with Crippen LogP contribution in [-0.4, -0.2) is 0 Å². The maximum Gasteiger partial charge on any atom is 0.416 e. The van der Waals surface area contributed by atoms with Gasteiger partial charge in [-0.1, -0.05) is 12.1 Å². The number of rotatable bonds is 2. The lowest BCUT2D eigenvalue weighted by molar-refractivity contribution is -0.143. The maximum absolute atomic E-state index is 12.8. The number of nitrogens with two attached hydrogens (primary N) is 1. The Bertz CT molecular complexity index is 640. The van der Waals surface area contributed by atoms with Gasteiger partial charge in [0.25, 0.3) is 0 Å². The van der Waals surface area contributed by atoms with Crippen LogP contribution in [0.2, 0.25) is 0 Å². The minimum atomic E-state index is -4.84. The summed E-state index contributed by atoms with van der Waals surface area (Å²) in [5.41, 5.74) is 3.76. The van der Waals surface area contributed by atoms with Gasteiger partial charge in [-0.25, -0.2) is 0 Å². The van der Waals surface area contributed by atoms with Crippen LogP contribution in [0, 0.1) is 0 Å². The van der Waals surface area contributed by atoms with Crippen molar-refractivity contribution in [3.05, 3.63) is 64.7 Å². The van der Waals surface area contributed by atoms with Gasteiger partial charge < -0.3 is 5.73 Å². The Labute approximate surface area is 122 Å². The van der Waals surface area contributed by atoms with Gasteiger partial charge in [0.05, 0.1) is 11.1 Å². The Kier molecular flexibility index (Phi) is 4.08. The first-order valence-corrected chi connectivity index (χ1v) is 6.18. The molecule has 0 fully saturated rings. The highest BCUT2D eigenvalue weighted by Gasteiger charge is 2.36. The summed E-state index contributed by atoms with van der Waals surface area (Å²) in [6.45, 7) is 0. The highest BCUT2D eigenvalue weighted by Crippen LogP contribution is 2.36. The highest BCUT2D eigenvalue weighted by atomic mass is 19.4. The zero-order valence-corrected chi connectivity index (χ0v) is 11.1. The van der Waals surface area contributed by atoms with Gasteiger partial charge >= 0.3 is 12.4 Å². The Morgan fingerprint density at radius 3 is 1.73 bits per heavy atom. The standard InChI is InChI=1S/C15H11F6N/c16-14(17,18)11-5-10(6-12(8-11)15(19,20)21)4-9-2-1-3-13(22)7-9/h1-3,5-8H,4,22H2. The molecule has 0 radical (unpaired) electrons. The van der Waals surface area contributed by atoms with E-state index in [-0.39, 0.29) is 18.1 Å². The average Bonchev–Trinajstić information content (AvgIpc) is 2.36. The first-order chi connectivity index (χ1) is 10.1. The van der Waals surface area contributed by atoms with Crippen LogP contribution >= 0.6 is 0 Å². The molecule has 0 aliphatic rings. The van der Waals surface area contributed by atoms with Crippen LogP contribution in [0.4, 0.5) is 32.0 Å². The predicted molar refractivity (Wildman–Crippen MR) is 70.1 cm³/mol. The number of hydrogen-bond donors (Lipinski definition) is 1. The van der Waals surface area contributed by atoms with Crippen molar-refractivity contribution in [2.75, 3.05) is 5.73 Å². The van der Waals surface area contributed by atoms with Crippen molar-refractivity contribution in [1.29, 1.82) is 0 Å². The second-order valence-electron chi connectivity index (χ2n) is 4.84. The lowest BCUT2D eigenvalue weighted by atomic mass is 9.99. The molecule has 0 heterocycles.